The lowest BCUT2D eigenvalue weighted by atomic mass is 9.90. The first-order valence-corrected chi connectivity index (χ1v) is 13.4. The molecule has 0 bridgehead atoms. The molecular formula is C28H28FN3O5S. The molecule has 0 atom stereocenters. The molecule has 38 heavy (non-hydrogen) atoms. The molecule has 0 saturated carbocycles. The Labute approximate surface area is 219 Å². The van der Waals surface area contributed by atoms with Crippen molar-refractivity contribution in [2.45, 2.75) is 27.2 Å². The minimum absolute atomic E-state index is 0.00317. The number of nitrogens with one attached hydrogen (secondary N) is 2. The number of fused-ring (bicyclic) bond motifs is 1. The molecular weight excluding hydrogens is 509 g/mol. The molecule has 10 heteroatoms. The third-order valence-corrected chi connectivity index (χ3v) is 7.29. The van der Waals surface area contributed by atoms with Gasteiger partial charge in [-0.3, -0.25) is 14.3 Å². The summed E-state index contributed by atoms with van der Waals surface area (Å²) in [5.41, 5.74) is 4.31. The number of halogens is 1. The van der Waals surface area contributed by atoms with Crippen LogP contribution in [0.5, 0.6) is 0 Å². The predicted molar refractivity (Wildman–Crippen MR) is 146 cm³/mol. The van der Waals surface area contributed by atoms with Crippen LogP contribution in [0.15, 0.2) is 63.8 Å². The molecule has 2 aromatic heterocycles. The van der Waals surface area contributed by atoms with E-state index in [9.17, 15) is 22.4 Å². The van der Waals surface area contributed by atoms with Crippen LogP contribution in [0.1, 0.15) is 39.7 Å². The van der Waals surface area contributed by atoms with E-state index in [4.69, 9.17) is 4.42 Å². The van der Waals surface area contributed by atoms with Crippen molar-refractivity contribution in [1.82, 2.24) is 9.88 Å². The van der Waals surface area contributed by atoms with Crippen LogP contribution in [0.3, 0.4) is 0 Å². The standard InChI is InChI=1S/C28H28FN3O5S/c1-6-30-27(33)25-14-23-24(15-32(5)28(34)26(23)37-25)22-13-20(31-38(35,36)7-2)9-8-18(22)12-21-16(3)10-19(29)11-17(21)4/h7-11,13-15,31H,2,6,12H2,1,3-5H3,(H,30,33). The van der Waals surface area contributed by atoms with E-state index in [1.54, 1.807) is 38.4 Å². The van der Waals surface area contributed by atoms with E-state index < -0.39 is 21.5 Å². The Morgan fingerprint density at radius 1 is 1.13 bits per heavy atom. The van der Waals surface area contributed by atoms with E-state index in [0.717, 1.165) is 27.7 Å². The highest BCUT2D eigenvalue weighted by Gasteiger charge is 2.21. The van der Waals surface area contributed by atoms with Crippen molar-refractivity contribution < 1.29 is 22.0 Å². The Kier molecular flexibility index (Phi) is 7.28. The Bertz CT molecular complexity index is 1730. The molecule has 198 valence electrons. The minimum Gasteiger partial charge on any atom is -0.445 e. The molecule has 0 aliphatic rings. The number of nitrogens with zero attached hydrogens (tertiary/aromatic N) is 1. The maximum absolute atomic E-state index is 14.0. The van der Waals surface area contributed by atoms with Crippen LogP contribution in [-0.4, -0.2) is 25.4 Å². The summed E-state index contributed by atoms with van der Waals surface area (Å²) in [7, 11) is -2.22. The number of amides is 1. The van der Waals surface area contributed by atoms with Gasteiger partial charge in [-0.15, -0.1) is 0 Å². The zero-order chi connectivity index (χ0) is 27.8. The molecule has 2 N–H and O–H groups in total. The molecule has 0 saturated heterocycles. The number of benzene rings is 2. The van der Waals surface area contributed by atoms with Gasteiger partial charge in [-0.25, -0.2) is 12.8 Å². The zero-order valence-electron chi connectivity index (χ0n) is 21.5. The first-order chi connectivity index (χ1) is 17.9. The smallest absolute Gasteiger partial charge is 0.293 e. The van der Waals surface area contributed by atoms with Crippen molar-refractivity contribution in [2.24, 2.45) is 7.05 Å². The number of sulfonamides is 1. The summed E-state index contributed by atoms with van der Waals surface area (Å²) in [5, 5.41) is 3.88. The van der Waals surface area contributed by atoms with Gasteiger partial charge in [0.15, 0.2) is 5.76 Å². The monoisotopic (exact) mass is 537 g/mol. The molecule has 2 aromatic carbocycles. The number of furan rings is 1. The number of aromatic nitrogens is 1. The molecule has 4 rings (SSSR count). The van der Waals surface area contributed by atoms with Gasteiger partial charge in [-0.05, 0) is 85.3 Å². The van der Waals surface area contributed by atoms with Crippen molar-refractivity contribution in [1.29, 1.82) is 0 Å². The Morgan fingerprint density at radius 2 is 1.82 bits per heavy atom. The van der Waals surface area contributed by atoms with Gasteiger partial charge in [-0.1, -0.05) is 12.6 Å². The summed E-state index contributed by atoms with van der Waals surface area (Å²) in [6, 6.07) is 9.50. The molecule has 2 heterocycles. The highest BCUT2D eigenvalue weighted by Crippen LogP contribution is 2.35. The maximum atomic E-state index is 14.0. The molecule has 0 unspecified atom stereocenters. The number of carbonyl (C=O) groups excluding carboxylic acids is 1. The lowest BCUT2D eigenvalue weighted by Crippen LogP contribution is -2.22. The van der Waals surface area contributed by atoms with Crippen LogP contribution in [0.2, 0.25) is 0 Å². The van der Waals surface area contributed by atoms with E-state index in [1.807, 2.05) is 13.8 Å². The molecule has 1 amide bonds. The number of hydrogen-bond acceptors (Lipinski definition) is 5. The third-order valence-electron chi connectivity index (χ3n) is 6.33. The summed E-state index contributed by atoms with van der Waals surface area (Å²) in [6.07, 6.45) is 2.03. The average Bonchev–Trinajstić information content (AvgIpc) is 3.30. The molecule has 0 radical (unpaired) electrons. The van der Waals surface area contributed by atoms with Crippen LogP contribution in [0.25, 0.3) is 22.1 Å². The highest BCUT2D eigenvalue weighted by molar-refractivity contribution is 7.95. The highest BCUT2D eigenvalue weighted by atomic mass is 32.2. The summed E-state index contributed by atoms with van der Waals surface area (Å²) in [5.74, 6) is -0.794. The molecule has 0 aliphatic carbocycles. The summed E-state index contributed by atoms with van der Waals surface area (Å²) < 4.78 is 47.8. The van der Waals surface area contributed by atoms with Gasteiger partial charge >= 0.3 is 0 Å². The van der Waals surface area contributed by atoms with Crippen LogP contribution in [0, 0.1) is 19.7 Å². The van der Waals surface area contributed by atoms with Gasteiger partial charge < -0.3 is 14.3 Å². The second-order valence-electron chi connectivity index (χ2n) is 9.05. The van der Waals surface area contributed by atoms with Gasteiger partial charge in [0, 0.05) is 41.8 Å². The van der Waals surface area contributed by atoms with E-state index in [2.05, 4.69) is 16.6 Å². The van der Waals surface area contributed by atoms with E-state index >= 15 is 0 Å². The zero-order valence-corrected chi connectivity index (χ0v) is 22.3. The molecule has 0 aliphatic heterocycles. The van der Waals surface area contributed by atoms with Crippen molar-refractivity contribution in [3.05, 3.63) is 98.8 Å². The van der Waals surface area contributed by atoms with Gasteiger partial charge in [0.25, 0.3) is 21.5 Å². The van der Waals surface area contributed by atoms with E-state index in [-0.39, 0.29) is 22.8 Å². The quantitative estimate of drug-likeness (QED) is 0.336. The lowest BCUT2D eigenvalue weighted by Gasteiger charge is -2.17. The first kappa shape index (κ1) is 26.9. The second-order valence-corrected chi connectivity index (χ2v) is 10.7. The Hall–Kier alpha value is -4.18. The number of carbonyl (C=O) groups is 1. The van der Waals surface area contributed by atoms with Crippen molar-refractivity contribution >= 4 is 32.6 Å². The van der Waals surface area contributed by atoms with Gasteiger partial charge in [0.2, 0.25) is 5.58 Å². The summed E-state index contributed by atoms with van der Waals surface area (Å²) in [4.78, 5) is 25.4. The Morgan fingerprint density at radius 3 is 2.45 bits per heavy atom. The fourth-order valence-electron chi connectivity index (χ4n) is 4.47. The van der Waals surface area contributed by atoms with Crippen LogP contribution in [0.4, 0.5) is 10.1 Å². The van der Waals surface area contributed by atoms with Crippen LogP contribution in [-0.2, 0) is 23.5 Å². The largest absolute Gasteiger partial charge is 0.445 e. The van der Waals surface area contributed by atoms with Crippen molar-refractivity contribution in [3.8, 4) is 11.1 Å². The third kappa shape index (κ3) is 5.26. The van der Waals surface area contributed by atoms with Gasteiger partial charge in [-0.2, -0.15) is 0 Å². The van der Waals surface area contributed by atoms with E-state index in [1.165, 1.54) is 22.8 Å². The summed E-state index contributed by atoms with van der Waals surface area (Å²) in [6.45, 7) is 9.15. The van der Waals surface area contributed by atoms with Crippen LogP contribution < -0.4 is 15.6 Å². The fourth-order valence-corrected chi connectivity index (χ4v) is 5.01. The number of hydrogen-bond donors (Lipinski definition) is 2. The topological polar surface area (TPSA) is 110 Å². The lowest BCUT2D eigenvalue weighted by molar-refractivity contribution is 0.0930. The molecule has 8 nitrogen and oxygen atoms in total. The van der Waals surface area contributed by atoms with Crippen molar-refractivity contribution in [3.63, 3.8) is 0 Å². The SMILES string of the molecule is C=CS(=O)(=O)Nc1ccc(Cc2c(C)cc(F)cc2C)c(-c2cn(C)c(=O)c3oc(C(=O)NCC)cc23)c1. The minimum atomic E-state index is -3.79. The van der Waals surface area contributed by atoms with Gasteiger partial charge in [0.05, 0.1) is 0 Å². The predicted octanol–water partition coefficient (Wildman–Crippen LogP) is 4.78. The second kappa shape index (κ2) is 10.3. The maximum Gasteiger partial charge on any atom is 0.293 e. The van der Waals surface area contributed by atoms with Crippen molar-refractivity contribution in [2.75, 3.05) is 11.3 Å². The Balaban J connectivity index is 1.99. The average molecular weight is 538 g/mol. The van der Waals surface area contributed by atoms with Crippen LogP contribution >= 0.6 is 0 Å². The number of pyridine rings is 1. The van der Waals surface area contributed by atoms with E-state index in [0.29, 0.717) is 29.5 Å². The fraction of sp³-hybridized carbons (Fsp3) is 0.214. The molecule has 4 aromatic rings. The summed E-state index contributed by atoms with van der Waals surface area (Å²) >= 11 is 0. The number of rotatable bonds is 8. The molecule has 0 fully saturated rings. The van der Waals surface area contributed by atoms with Gasteiger partial charge in [0.1, 0.15) is 5.82 Å². The number of aryl methyl sites for hydroxylation is 3. The number of anilines is 1. The first-order valence-electron chi connectivity index (χ1n) is 11.9. The molecule has 0 spiro atoms. The normalized spacial score (nSPS) is 11.5.